The maximum Gasteiger partial charge on any atom is 0.256 e. The molecule has 5 heteroatoms. The van der Waals surface area contributed by atoms with Crippen molar-refractivity contribution >= 4 is 18.5 Å². The normalized spacial score (nSPS) is 11.7. The molecule has 0 saturated heterocycles. The highest BCUT2D eigenvalue weighted by Crippen LogP contribution is 2.16. The molecular formula is C12H13FN2OS. The molecule has 0 spiro atoms. The first kappa shape index (κ1) is 13.5. The maximum atomic E-state index is 13.5. The number of carbonyl (C=O) groups is 1. The predicted molar refractivity (Wildman–Crippen MR) is 65.4 cm³/mol. The Labute approximate surface area is 105 Å². The van der Waals surface area contributed by atoms with Gasteiger partial charge in [0.1, 0.15) is 5.82 Å². The summed E-state index contributed by atoms with van der Waals surface area (Å²) in [7, 11) is 1.55. The van der Waals surface area contributed by atoms with Gasteiger partial charge in [-0.1, -0.05) is 0 Å². The zero-order chi connectivity index (χ0) is 13.0. The molecule has 0 radical (unpaired) electrons. The van der Waals surface area contributed by atoms with Crippen molar-refractivity contribution < 1.29 is 9.18 Å². The molecule has 0 aliphatic rings. The van der Waals surface area contributed by atoms with Gasteiger partial charge in [0.2, 0.25) is 0 Å². The van der Waals surface area contributed by atoms with Gasteiger partial charge in [0, 0.05) is 18.0 Å². The third-order valence-corrected chi connectivity index (χ3v) is 2.83. The average molecular weight is 252 g/mol. The number of hydrogen-bond acceptors (Lipinski definition) is 3. The summed E-state index contributed by atoms with van der Waals surface area (Å²) in [6.07, 6.45) is 0.213. The zero-order valence-electron chi connectivity index (χ0n) is 9.64. The topological polar surface area (TPSA) is 44.1 Å². The standard InChI is InChI=1S/C12H13FN2OS/c1-8(5-6-14)15(2)12(16)10-7-9(17)3-4-11(10)13/h3-4,7-8,17H,5H2,1-2H3. The van der Waals surface area contributed by atoms with Crippen LogP contribution in [0.25, 0.3) is 0 Å². The molecule has 1 atom stereocenters. The molecule has 17 heavy (non-hydrogen) atoms. The first-order valence-corrected chi connectivity index (χ1v) is 5.54. The van der Waals surface area contributed by atoms with Crippen molar-refractivity contribution in [3.8, 4) is 6.07 Å². The molecule has 0 bridgehead atoms. The molecular weight excluding hydrogens is 239 g/mol. The molecule has 1 aromatic rings. The second kappa shape index (κ2) is 5.69. The Balaban J connectivity index is 2.96. The highest BCUT2D eigenvalue weighted by atomic mass is 32.1. The molecule has 0 saturated carbocycles. The van der Waals surface area contributed by atoms with Crippen molar-refractivity contribution in [1.29, 1.82) is 5.26 Å². The SMILES string of the molecule is CC(CC#N)N(C)C(=O)c1cc(S)ccc1F. The molecule has 1 amide bonds. The van der Waals surface area contributed by atoms with E-state index < -0.39 is 11.7 Å². The van der Waals surface area contributed by atoms with Gasteiger partial charge in [-0.2, -0.15) is 5.26 Å². The molecule has 1 rings (SSSR count). The van der Waals surface area contributed by atoms with Crippen molar-refractivity contribution in [3.63, 3.8) is 0 Å². The summed E-state index contributed by atoms with van der Waals surface area (Å²) >= 11 is 4.07. The van der Waals surface area contributed by atoms with E-state index in [1.165, 1.54) is 23.1 Å². The van der Waals surface area contributed by atoms with Gasteiger partial charge < -0.3 is 4.90 Å². The largest absolute Gasteiger partial charge is 0.338 e. The Hall–Kier alpha value is -1.54. The predicted octanol–water partition coefficient (Wildman–Crippen LogP) is 2.49. The Kier molecular flexibility index (Phi) is 4.53. The Bertz CT molecular complexity index is 470. The zero-order valence-corrected chi connectivity index (χ0v) is 10.5. The second-order valence-electron chi connectivity index (χ2n) is 3.79. The minimum absolute atomic E-state index is 0.0233. The van der Waals surface area contributed by atoms with Crippen molar-refractivity contribution in [2.45, 2.75) is 24.3 Å². The van der Waals surface area contributed by atoms with Crippen LogP contribution < -0.4 is 0 Å². The van der Waals surface area contributed by atoms with E-state index in [1.807, 2.05) is 6.07 Å². The smallest absolute Gasteiger partial charge is 0.256 e. The van der Waals surface area contributed by atoms with Crippen molar-refractivity contribution in [1.82, 2.24) is 4.90 Å². The molecule has 0 N–H and O–H groups in total. The van der Waals surface area contributed by atoms with E-state index in [1.54, 1.807) is 14.0 Å². The Morgan fingerprint density at radius 1 is 1.65 bits per heavy atom. The summed E-state index contributed by atoms with van der Waals surface area (Å²) in [6, 6.07) is 5.80. The van der Waals surface area contributed by atoms with Crippen LogP contribution in [0.1, 0.15) is 23.7 Å². The molecule has 0 heterocycles. The molecule has 0 aliphatic carbocycles. The maximum absolute atomic E-state index is 13.5. The monoisotopic (exact) mass is 252 g/mol. The number of hydrogen-bond donors (Lipinski definition) is 1. The second-order valence-corrected chi connectivity index (χ2v) is 4.31. The number of amides is 1. The van der Waals surface area contributed by atoms with Gasteiger partial charge in [0.05, 0.1) is 18.1 Å². The quantitative estimate of drug-likeness (QED) is 0.840. The lowest BCUT2D eigenvalue weighted by Crippen LogP contribution is -2.35. The van der Waals surface area contributed by atoms with Crippen LogP contribution in [0.2, 0.25) is 0 Å². The molecule has 1 unspecified atom stereocenters. The average Bonchev–Trinajstić information content (AvgIpc) is 2.30. The molecule has 0 aliphatic heterocycles. The Morgan fingerprint density at radius 2 is 2.29 bits per heavy atom. The van der Waals surface area contributed by atoms with E-state index in [-0.39, 0.29) is 18.0 Å². The van der Waals surface area contributed by atoms with Crippen LogP contribution in [0.3, 0.4) is 0 Å². The van der Waals surface area contributed by atoms with Gasteiger partial charge in [0.15, 0.2) is 0 Å². The first-order chi connectivity index (χ1) is 7.97. The number of nitrogens with zero attached hydrogens (tertiary/aromatic N) is 2. The number of halogens is 1. The third kappa shape index (κ3) is 3.21. The van der Waals surface area contributed by atoms with Crippen LogP contribution in [0.4, 0.5) is 4.39 Å². The summed E-state index contributed by atoms with van der Waals surface area (Å²) in [4.78, 5) is 13.9. The van der Waals surface area contributed by atoms with Crippen molar-refractivity contribution in [2.24, 2.45) is 0 Å². The summed E-state index contributed by atoms with van der Waals surface area (Å²) < 4.78 is 13.5. The van der Waals surface area contributed by atoms with Gasteiger partial charge in [-0.05, 0) is 25.1 Å². The van der Waals surface area contributed by atoms with Crippen LogP contribution in [0.5, 0.6) is 0 Å². The molecule has 1 aromatic carbocycles. The first-order valence-electron chi connectivity index (χ1n) is 5.10. The van der Waals surface area contributed by atoms with Crippen LogP contribution >= 0.6 is 12.6 Å². The molecule has 3 nitrogen and oxygen atoms in total. The van der Waals surface area contributed by atoms with E-state index in [9.17, 15) is 9.18 Å². The number of carbonyl (C=O) groups excluding carboxylic acids is 1. The number of nitriles is 1. The number of thiol groups is 1. The fourth-order valence-corrected chi connectivity index (χ4v) is 1.54. The van der Waals surface area contributed by atoms with Crippen LogP contribution in [-0.2, 0) is 0 Å². The van der Waals surface area contributed by atoms with E-state index in [4.69, 9.17) is 5.26 Å². The lowest BCUT2D eigenvalue weighted by molar-refractivity contribution is 0.0741. The van der Waals surface area contributed by atoms with Gasteiger partial charge in [-0.15, -0.1) is 12.6 Å². The van der Waals surface area contributed by atoms with Crippen LogP contribution in [0.15, 0.2) is 23.1 Å². The number of rotatable bonds is 3. The minimum Gasteiger partial charge on any atom is -0.338 e. The van der Waals surface area contributed by atoms with E-state index in [2.05, 4.69) is 12.6 Å². The van der Waals surface area contributed by atoms with Crippen LogP contribution in [-0.4, -0.2) is 23.9 Å². The third-order valence-electron chi connectivity index (χ3n) is 2.55. The molecule has 0 fully saturated rings. The van der Waals surface area contributed by atoms with Gasteiger partial charge >= 0.3 is 0 Å². The highest BCUT2D eigenvalue weighted by Gasteiger charge is 2.20. The Morgan fingerprint density at radius 3 is 2.88 bits per heavy atom. The highest BCUT2D eigenvalue weighted by molar-refractivity contribution is 7.80. The van der Waals surface area contributed by atoms with E-state index in [0.717, 1.165) is 0 Å². The lowest BCUT2D eigenvalue weighted by Gasteiger charge is -2.23. The van der Waals surface area contributed by atoms with Gasteiger partial charge in [-0.25, -0.2) is 4.39 Å². The fraction of sp³-hybridized carbons (Fsp3) is 0.333. The number of benzene rings is 1. The summed E-state index contributed by atoms with van der Waals surface area (Å²) in [6.45, 7) is 1.74. The van der Waals surface area contributed by atoms with Crippen LogP contribution in [0, 0.1) is 17.1 Å². The van der Waals surface area contributed by atoms with E-state index in [0.29, 0.717) is 4.90 Å². The van der Waals surface area contributed by atoms with E-state index >= 15 is 0 Å². The van der Waals surface area contributed by atoms with Gasteiger partial charge in [-0.3, -0.25) is 4.79 Å². The molecule has 0 aromatic heterocycles. The van der Waals surface area contributed by atoms with Crippen molar-refractivity contribution in [2.75, 3.05) is 7.05 Å². The lowest BCUT2D eigenvalue weighted by atomic mass is 10.1. The molecule has 90 valence electrons. The summed E-state index contributed by atoms with van der Waals surface area (Å²) in [5, 5.41) is 8.56. The fourth-order valence-electron chi connectivity index (χ4n) is 1.34. The minimum atomic E-state index is -0.580. The van der Waals surface area contributed by atoms with Crippen molar-refractivity contribution in [3.05, 3.63) is 29.6 Å². The van der Waals surface area contributed by atoms with Gasteiger partial charge in [0.25, 0.3) is 5.91 Å². The summed E-state index contributed by atoms with van der Waals surface area (Å²) in [5.41, 5.74) is -0.0233. The summed E-state index contributed by atoms with van der Waals surface area (Å²) in [5.74, 6) is -1.02.